The summed E-state index contributed by atoms with van der Waals surface area (Å²) in [6, 6.07) is 17.4. The second-order valence-corrected chi connectivity index (χ2v) is 16.4. The number of carbonyl (C=O) groups excluding carboxylic acids is 1. The van der Waals surface area contributed by atoms with E-state index in [2.05, 4.69) is 17.4 Å². The monoisotopic (exact) mass is 393 g/mol. The molecule has 1 aliphatic heterocycles. The van der Waals surface area contributed by atoms with Crippen LogP contribution in [-0.2, 0) is 0 Å². The fourth-order valence-electron chi connectivity index (χ4n) is 2.03. The summed E-state index contributed by atoms with van der Waals surface area (Å²) in [4.78, 5) is 12.1. The number of hydrogen-bond acceptors (Lipinski definition) is 4. The Labute approximate surface area is 141 Å². The van der Waals surface area contributed by atoms with Crippen LogP contribution in [0.1, 0.15) is 10.4 Å². The fraction of sp³-hybridized carbons (Fsp3) is 0.188. The van der Waals surface area contributed by atoms with Crippen LogP contribution in [0, 0.1) is 0 Å². The topological polar surface area (TPSA) is 49.3 Å². The van der Waals surface area contributed by atoms with E-state index in [1.54, 1.807) is 12.1 Å². The van der Waals surface area contributed by atoms with E-state index in [0.29, 0.717) is 10.8 Å². The number of hydrogen-bond donors (Lipinski definition) is 2. The fourth-order valence-corrected chi connectivity index (χ4v) is 17.4. The summed E-state index contributed by atoms with van der Waals surface area (Å²) in [7, 11) is 3.96. The van der Waals surface area contributed by atoms with Crippen molar-refractivity contribution in [3.05, 3.63) is 60.2 Å². The molecule has 1 aliphatic rings. The molecule has 3 nitrogen and oxygen atoms in total. The van der Waals surface area contributed by atoms with Gasteiger partial charge in [0.2, 0.25) is 0 Å². The van der Waals surface area contributed by atoms with Crippen molar-refractivity contribution in [1.29, 1.82) is 0 Å². The van der Waals surface area contributed by atoms with Crippen molar-refractivity contribution in [3.63, 3.8) is 0 Å². The van der Waals surface area contributed by atoms with Gasteiger partial charge in [0.1, 0.15) is 0 Å². The Morgan fingerprint density at radius 3 is 2.55 bits per heavy atom. The molecule has 0 radical (unpaired) electrons. The predicted molar refractivity (Wildman–Crippen MR) is 97.1 cm³/mol. The summed E-state index contributed by atoms with van der Waals surface area (Å²) in [5.41, 5.74) is 1.48. The second kappa shape index (κ2) is 7.60. The number of nitrogens with one attached hydrogen (secondary N) is 1. The van der Waals surface area contributed by atoms with Gasteiger partial charge in [-0.1, -0.05) is 0 Å². The molecular formula is C16H16AsNO2S2. The van der Waals surface area contributed by atoms with Gasteiger partial charge in [-0.3, -0.25) is 0 Å². The summed E-state index contributed by atoms with van der Waals surface area (Å²) in [6.45, 7) is 0.272. The third-order valence-corrected chi connectivity index (χ3v) is 17.2. The van der Waals surface area contributed by atoms with Crippen molar-refractivity contribution in [3.8, 4) is 0 Å². The van der Waals surface area contributed by atoms with E-state index < -0.39 is 12.3 Å². The molecule has 1 amide bonds. The average Bonchev–Trinajstić information content (AvgIpc) is 3.05. The summed E-state index contributed by atoms with van der Waals surface area (Å²) in [5, 5.41) is 12.5. The Balaban J connectivity index is 1.64. The number of benzene rings is 2. The number of amides is 1. The Kier molecular flexibility index (Phi) is 5.53. The molecule has 6 heteroatoms. The van der Waals surface area contributed by atoms with Gasteiger partial charge in [-0.05, 0) is 0 Å². The van der Waals surface area contributed by atoms with Gasteiger partial charge in [0, 0.05) is 0 Å². The van der Waals surface area contributed by atoms with E-state index in [1.165, 1.54) is 4.35 Å². The van der Waals surface area contributed by atoms with Crippen LogP contribution in [0.15, 0.2) is 54.6 Å². The van der Waals surface area contributed by atoms with Crippen LogP contribution in [0.2, 0.25) is 0 Å². The number of anilines is 1. The van der Waals surface area contributed by atoms with E-state index >= 15 is 0 Å². The minimum absolute atomic E-state index is 0.0869. The van der Waals surface area contributed by atoms with Gasteiger partial charge < -0.3 is 0 Å². The average molecular weight is 393 g/mol. The summed E-state index contributed by atoms with van der Waals surface area (Å²) < 4.78 is 1.37. The van der Waals surface area contributed by atoms with E-state index in [4.69, 9.17) is 0 Å². The molecule has 3 rings (SSSR count). The quantitative estimate of drug-likeness (QED) is 0.784. The van der Waals surface area contributed by atoms with Crippen molar-refractivity contribution in [1.82, 2.24) is 0 Å². The van der Waals surface area contributed by atoms with Crippen molar-refractivity contribution in [2.45, 2.75) is 5.25 Å². The molecule has 2 unspecified atom stereocenters. The van der Waals surface area contributed by atoms with E-state index in [0.717, 1.165) is 11.4 Å². The number of rotatable bonds is 4. The SMILES string of the molecule is O=C(Nc1ccc([As]2SCC(CO)S2)cc1)c1ccccc1. The Hall–Kier alpha value is -0.872. The molecule has 2 N–H and O–H groups in total. The number of aliphatic hydroxyl groups excluding tert-OH is 1. The third-order valence-electron chi connectivity index (χ3n) is 3.20. The van der Waals surface area contributed by atoms with Crippen molar-refractivity contribution >= 4 is 48.3 Å². The zero-order chi connectivity index (χ0) is 15.4. The van der Waals surface area contributed by atoms with Crippen LogP contribution in [0.5, 0.6) is 0 Å². The molecule has 1 saturated heterocycles. The standard InChI is InChI=1S/C16H16AsNO2S2/c19-10-15-11-21-17(22-15)13-6-8-14(9-7-13)18-16(20)12-4-2-1-3-5-12/h1-9,15,19H,10-11H2,(H,18,20). The Morgan fingerprint density at radius 2 is 1.91 bits per heavy atom. The van der Waals surface area contributed by atoms with Crippen LogP contribution in [0.25, 0.3) is 0 Å². The molecule has 0 bridgehead atoms. The van der Waals surface area contributed by atoms with E-state index in [-0.39, 0.29) is 12.5 Å². The first-order valence-corrected chi connectivity index (χ1v) is 14.2. The van der Waals surface area contributed by atoms with Crippen molar-refractivity contribution < 1.29 is 9.90 Å². The van der Waals surface area contributed by atoms with E-state index in [9.17, 15) is 9.90 Å². The van der Waals surface area contributed by atoms with Gasteiger partial charge in [0.15, 0.2) is 0 Å². The summed E-state index contributed by atoms with van der Waals surface area (Å²) >= 11 is -1.14. The molecule has 1 heterocycles. The maximum atomic E-state index is 12.1. The molecule has 0 aliphatic carbocycles. The normalized spacial score (nSPS) is 20.8. The van der Waals surface area contributed by atoms with E-state index in [1.807, 2.05) is 50.4 Å². The van der Waals surface area contributed by atoms with Gasteiger partial charge in [0.05, 0.1) is 0 Å². The molecule has 2 aromatic rings. The van der Waals surface area contributed by atoms with Crippen LogP contribution < -0.4 is 9.67 Å². The van der Waals surface area contributed by atoms with Crippen molar-refractivity contribution in [2.24, 2.45) is 0 Å². The van der Waals surface area contributed by atoms with Gasteiger partial charge in [0.25, 0.3) is 0 Å². The van der Waals surface area contributed by atoms with Gasteiger partial charge >= 0.3 is 141 Å². The molecule has 2 aromatic carbocycles. The third kappa shape index (κ3) is 3.90. The van der Waals surface area contributed by atoms with Crippen LogP contribution in [0.3, 0.4) is 0 Å². The molecule has 0 saturated carbocycles. The predicted octanol–water partition coefficient (Wildman–Crippen LogP) is 2.48. The first-order valence-electron chi connectivity index (χ1n) is 6.93. The first-order chi connectivity index (χ1) is 10.8. The summed E-state index contributed by atoms with van der Waals surface area (Å²) in [5.74, 6) is 0.962. The molecule has 2 atom stereocenters. The first kappa shape index (κ1) is 16.0. The van der Waals surface area contributed by atoms with Crippen LogP contribution >= 0.6 is 20.0 Å². The van der Waals surface area contributed by atoms with Crippen LogP contribution in [-0.4, -0.2) is 41.0 Å². The number of carbonyl (C=O) groups is 1. The molecule has 1 fully saturated rings. The van der Waals surface area contributed by atoms with Gasteiger partial charge in [-0.15, -0.1) is 0 Å². The molecule has 22 heavy (non-hydrogen) atoms. The Morgan fingerprint density at radius 1 is 1.18 bits per heavy atom. The molecule has 0 aromatic heterocycles. The zero-order valence-corrected chi connectivity index (χ0v) is 15.3. The Bertz CT molecular complexity index is 636. The molecule has 114 valence electrons. The van der Waals surface area contributed by atoms with Gasteiger partial charge in [-0.2, -0.15) is 0 Å². The number of aliphatic hydroxyl groups is 1. The maximum absolute atomic E-state index is 12.1. The molecule has 0 spiro atoms. The van der Waals surface area contributed by atoms with Gasteiger partial charge in [-0.25, -0.2) is 0 Å². The zero-order valence-electron chi connectivity index (χ0n) is 11.8. The van der Waals surface area contributed by atoms with Crippen molar-refractivity contribution in [2.75, 3.05) is 17.7 Å². The molecular weight excluding hydrogens is 377 g/mol. The van der Waals surface area contributed by atoms with Crippen LogP contribution in [0.4, 0.5) is 5.69 Å². The second-order valence-electron chi connectivity index (χ2n) is 4.83. The minimum atomic E-state index is -1.14. The summed E-state index contributed by atoms with van der Waals surface area (Å²) in [6.07, 6.45) is 0.